The van der Waals surface area contributed by atoms with Crippen LogP contribution in [0.4, 0.5) is 17.5 Å². The molecule has 2 N–H and O–H groups in total. The minimum atomic E-state index is 0.535. The van der Waals surface area contributed by atoms with Crippen LogP contribution in [0.2, 0.25) is 5.02 Å². The van der Waals surface area contributed by atoms with Gasteiger partial charge in [0.25, 0.3) is 0 Å². The second-order valence-corrected chi connectivity index (χ2v) is 5.22. The molecule has 0 aliphatic carbocycles. The summed E-state index contributed by atoms with van der Waals surface area (Å²) in [5.74, 6) is 2.08. The first-order valence-corrected chi connectivity index (χ1v) is 7.21. The summed E-state index contributed by atoms with van der Waals surface area (Å²) < 4.78 is 5.28. The minimum absolute atomic E-state index is 0.535. The zero-order valence-electron chi connectivity index (χ0n) is 12.0. The third-order valence-electron chi connectivity index (χ3n) is 2.95. The van der Waals surface area contributed by atoms with E-state index in [9.17, 15) is 0 Å². The molecule has 6 heteroatoms. The van der Waals surface area contributed by atoms with Crippen molar-refractivity contribution in [3.05, 3.63) is 65.2 Å². The molecule has 112 valence electrons. The van der Waals surface area contributed by atoms with Gasteiger partial charge in [0.1, 0.15) is 11.6 Å². The van der Waals surface area contributed by atoms with Crippen LogP contribution in [0.5, 0.6) is 0 Å². The topological polar surface area (TPSA) is 63.0 Å². The van der Waals surface area contributed by atoms with Crippen molar-refractivity contribution in [2.75, 3.05) is 10.6 Å². The molecule has 0 atom stereocenters. The summed E-state index contributed by atoms with van der Waals surface area (Å²) >= 11 is 5.98. The molecule has 0 aliphatic heterocycles. The van der Waals surface area contributed by atoms with Gasteiger partial charge in [-0.3, -0.25) is 0 Å². The monoisotopic (exact) mass is 314 g/mol. The van der Waals surface area contributed by atoms with Crippen molar-refractivity contribution in [2.24, 2.45) is 0 Å². The van der Waals surface area contributed by atoms with Gasteiger partial charge in [-0.2, -0.15) is 4.98 Å². The predicted molar refractivity (Wildman–Crippen MR) is 87.5 cm³/mol. The van der Waals surface area contributed by atoms with Gasteiger partial charge in [-0.05, 0) is 37.3 Å². The molecule has 0 bridgehead atoms. The van der Waals surface area contributed by atoms with Crippen LogP contribution < -0.4 is 10.6 Å². The van der Waals surface area contributed by atoms with Gasteiger partial charge < -0.3 is 15.1 Å². The SMILES string of the molecule is Cc1cc(Nc2cccc(Cl)c2)nc(NCc2ccco2)n1. The van der Waals surface area contributed by atoms with Crippen molar-refractivity contribution in [2.45, 2.75) is 13.5 Å². The second-order valence-electron chi connectivity index (χ2n) is 4.79. The summed E-state index contributed by atoms with van der Waals surface area (Å²) in [6, 6.07) is 13.1. The smallest absolute Gasteiger partial charge is 0.225 e. The first-order chi connectivity index (χ1) is 10.7. The summed E-state index contributed by atoms with van der Waals surface area (Å²) in [5.41, 5.74) is 1.74. The highest BCUT2D eigenvalue weighted by Gasteiger charge is 2.04. The van der Waals surface area contributed by atoms with Gasteiger partial charge in [-0.15, -0.1) is 0 Å². The molecule has 0 unspecified atom stereocenters. The van der Waals surface area contributed by atoms with Crippen molar-refractivity contribution in [1.29, 1.82) is 0 Å². The normalized spacial score (nSPS) is 10.5. The maximum Gasteiger partial charge on any atom is 0.225 e. The Bertz CT molecular complexity index is 759. The molecule has 5 nitrogen and oxygen atoms in total. The van der Waals surface area contributed by atoms with Gasteiger partial charge in [0.05, 0.1) is 12.8 Å². The van der Waals surface area contributed by atoms with Crippen molar-refractivity contribution in [1.82, 2.24) is 9.97 Å². The number of halogens is 1. The average molecular weight is 315 g/mol. The second kappa shape index (κ2) is 6.49. The molecule has 2 aromatic heterocycles. The number of benzene rings is 1. The van der Waals surface area contributed by atoms with E-state index in [1.54, 1.807) is 6.26 Å². The molecule has 0 saturated heterocycles. The van der Waals surface area contributed by atoms with Crippen molar-refractivity contribution in [3.8, 4) is 0 Å². The van der Waals surface area contributed by atoms with E-state index < -0.39 is 0 Å². The van der Waals surface area contributed by atoms with E-state index in [2.05, 4.69) is 20.6 Å². The van der Waals surface area contributed by atoms with Gasteiger partial charge in [-0.25, -0.2) is 4.98 Å². The molecule has 0 aliphatic rings. The highest BCUT2D eigenvalue weighted by molar-refractivity contribution is 6.30. The third kappa shape index (κ3) is 3.77. The maximum atomic E-state index is 5.98. The molecular formula is C16H15ClN4O. The quantitative estimate of drug-likeness (QED) is 0.731. The van der Waals surface area contributed by atoms with Crippen molar-refractivity contribution >= 4 is 29.1 Å². The third-order valence-corrected chi connectivity index (χ3v) is 3.19. The van der Waals surface area contributed by atoms with E-state index in [-0.39, 0.29) is 0 Å². The Kier molecular flexibility index (Phi) is 4.25. The number of anilines is 3. The number of rotatable bonds is 5. The molecule has 22 heavy (non-hydrogen) atoms. The first kappa shape index (κ1) is 14.4. The molecule has 0 saturated carbocycles. The number of furan rings is 1. The molecule has 3 aromatic rings. The van der Waals surface area contributed by atoms with Gasteiger partial charge in [0, 0.05) is 22.5 Å². The van der Waals surface area contributed by atoms with E-state index in [0.29, 0.717) is 23.3 Å². The predicted octanol–water partition coefficient (Wildman–Crippen LogP) is 4.39. The fourth-order valence-electron chi connectivity index (χ4n) is 2.01. The lowest BCUT2D eigenvalue weighted by molar-refractivity contribution is 0.517. The minimum Gasteiger partial charge on any atom is -0.467 e. The number of aryl methyl sites for hydroxylation is 1. The van der Waals surface area contributed by atoms with Crippen LogP contribution in [0.15, 0.2) is 53.1 Å². The van der Waals surface area contributed by atoms with Crippen LogP contribution in [-0.4, -0.2) is 9.97 Å². The van der Waals surface area contributed by atoms with Crippen molar-refractivity contribution < 1.29 is 4.42 Å². The van der Waals surface area contributed by atoms with E-state index in [1.165, 1.54) is 0 Å². The lowest BCUT2D eigenvalue weighted by Gasteiger charge is -2.09. The Balaban J connectivity index is 1.74. The largest absolute Gasteiger partial charge is 0.467 e. The molecule has 2 heterocycles. The summed E-state index contributed by atoms with van der Waals surface area (Å²) in [4.78, 5) is 8.80. The van der Waals surface area contributed by atoms with Gasteiger partial charge >= 0.3 is 0 Å². The number of hydrogen-bond acceptors (Lipinski definition) is 5. The average Bonchev–Trinajstić information content (AvgIpc) is 2.98. The van der Waals surface area contributed by atoms with Crippen molar-refractivity contribution in [3.63, 3.8) is 0 Å². The molecular weight excluding hydrogens is 300 g/mol. The summed E-state index contributed by atoms with van der Waals surface area (Å²) in [6.45, 7) is 2.45. The molecule has 3 rings (SSSR count). The number of nitrogens with one attached hydrogen (secondary N) is 2. The van der Waals surface area contributed by atoms with Gasteiger partial charge in [0.2, 0.25) is 5.95 Å². The molecule has 1 aromatic carbocycles. The van der Waals surface area contributed by atoms with Gasteiger partial charge in [0.15, 0.2) is 0 Å². The summed E-state index contributed by atoms with van der Waals surface area (Å²) in [6.07, 6.45) is 1.64. The fourth-order valence-corrected chi connectivity index (χ4v) is 2.20. The van der Waals surface area contributed by atoms with E-state index >= 15 is 0 Å². The number of nitrogens with zero attached hydrogens (tertiary/aromatic N) is 2. The van der Waals surface area contributed by atoms with Crippen LogP contribution in [0, 0.1) is 6.92 Å². The molecule has 0 amide bonds. The zero-order chi connectivity index (χ0) is 15.4. The van der Waals surface area contributed by atoms with Crippen LogP contribution in [0.3, 0.4) is 0 Å². The molecule has 0 spiro atoms. The highest BCUT2D eigenvalue weighted by atomic mass is 35.5. The van der Waals surface area contributed by atoms with E-state index in [4.69, 9.17) is 16.0 Å². The Hall–Kier alpha value is -2.53. The van der Waals surface area contributed by atoms with Gasteiger partial charge in [-0.1, -0.05) is 17.7 Å². The van der Waals surface area contributed by atoms with Crippen LogP contribution in [-0.2, 0) is 6.54 Å². The van der Waals surface area contributed by atoms with Crippen LogP contribution in [0.1, 0.15) is 11.5 Å². The Morgan fingerprint density at radius 2 is 2.05 bits per heavy atom. The zero-order valence-corrected chi connectivity index (χ0v) is 12.8. The Labute approximate surface area is 133 Å². The fraction of sp³-hybridized carbons (Fsp3) is 0.125. The van der Waals surface area contributed by atoms with Crippen LogP contribution in [0.25, 0.3) is 0 Å². The Morgan fingerprint density at radius 1 is 1.14 bits per heavy atom. The lowest BCUT2D eigenvalue weighted by Crippen LogP contribution is -2.05. The molecule has 0 fully saturated rings. The number of hydrogen-bond donors (Lipinski definition) is 2. The Morgan fingerprint density at radius 3 is 2.82 bits per heavy atom. The standard InChI is InChI=1S/C16H15ClN4O/c1-11-8-15(20-13-5-2-4-12(17)9-13)21-16(19-11)18-10-14-6-3-7-22-14/h2-9H,10H2,1H3,(H2,18,19,20,21). The van der Waals surface area contributed by atoms with E-state index in [1.807, 2.05) is 49.4 Å². The van der Waals surface area contributed by atoms with E-state index in [0.717, 1.165) is 17.1 Å². The lowest BCUT2D eigenvalue weighted by atomic mass is 10.3. The summed E-state index contributed by atoms with van der Waals surface area (Å²) in [5, 5.41) is 7.04. The molecule has 0 radical (unpaired) electrons. The van der Waals surface area contributed by atoms with Crippen LogP contribution >= 0.6 is 11.6 Å². The number of aromatic nitrogens is 2. The highest BCUT2D eigenvalue weighted by Crippen LogP contribution is 2.20. The summed E-state index contributed by atoms with van der Waals surface area (Å²) in [7, 11) is 0. The maximum absolute atomic E-state index is 5.98. The first-order valence-electron chi connectivity index (χ1n) is 6.83.